The Labute approximate surface area is 138 Å². The van der Waals surface area contributed by atoms with Crippen LogP contribution in [0.4, 0.5) is 5.13 Å². The molecule has 0 saturated heterocycles. The van der Waals surface area contributed by atoms with Crippen LogP contribution in [0.25, 0.3) is 0 Å². The monoisotopic (exact) mass is 388 g/mol. The second kappa shape index (κ2) is 6.67. The molecule has 21 heavy (non-hydrogen) atoms. The number of Topliss-reactive ketones (excluding diaryl/α,β-unsaturated/α-hetero) is 1. The van der Waals surface area contributed by atoms with Crippen molar-refractivity contribution in [2.75, 3.05) is 19.1 Å². The largest absolute Gasteiger partial charge is 0.464 e. The molecule has 2 aromatic rings. The number of carbonyl (C=O) groups excluding carboxylic acids is 2. The van der Waals surface area contributed by atoms with E-state index in [0.717, 1.165) is 9.35 Å². The molecule has 5 nitrogen and oxygen atoms in total. The zero-order chi connectivity index (χ0) is 15.6. The summed E-state index contributed by atoms with van der Waals surface area (Å²) in [5, 5.41) is 2.62. The van der Waals surface area contributed by atoms with Gasteiger partial charge in [-0.15, -0.1) is 11.3 Å². The maximum absolute atomic E-state index is 11.7. The number of halogens is 1. The molecule has 0 unspecified atom stereocenters. The summed E-state index contributed by atoms with van der Waals surface area (Å²) < 4.78 is 5.71. The SMILES string of the molecule is COC(=O)c1nc(N(C)Cc2cc(Br)cs2)sc1C(C)=O. The Hall–Kier alpha value is -1.25. The first-order chi connectivity index (χ1) is 9.92. The summed E-state index contributed by atoms with van der Waals surface area (Å²) in [6.45, 7) is 2.07. The van der Waals surface area contributed by atoms with Crippen LogP contribution in [0.15, 0.2) is 15.9 Å². The lowest BCUT2D eigenvalue weighted by molar-refractivity contribution is 0.0591. The van der Waals surface area contributed by atoms with Gasteiger partial charge in [0.25, 0.3) is 0 Å². The average molecular weight is 389 g/mol. The van der Waals surface area contributed by atoms with Gasteiger partial charge in [0.05, 0.1) is 13.7 Å². The van der Waals surface area contributed by atoms with E-state index in [4.69, 9.17) is 0 Å². The van der Waals surface area contributed by atoms with Crippen LogP contribution >= 0.6 is 38.6 Å². The fourth-order valence-corrected chi connectivity index (χ4v) is 4.10. The third-order valence-electron chi connectivity index (χ3n) is 2.66. The van der Waals surface area contributed by atoms with E-state index in [2.05, 4.69) is 25.7 Å². The molecule has 0 aliphatic carbocycles. The highest BCUT2D eigenvalue weighted by molar-refractivity contribution is 9.10. The van der Waals surface area contributed by atoms with Crippen LogP contribution in [0.5, 0.6) is 0 Å². The Morgan fingerprint density at radius 1 is 1.48 bits per heavy atom. The number of ether oxygens (including phenoxy) is 1. The minimum atomic E-state index is -0.588. The fourth-order valence-electron chi connectivity index (χ4n) is 1.68. The molecule has 2 rings (SSSR count). The number of carbonyl (C=O) groups is 2. The molecule has 0 atom stereocenters. The topological polar surface area (TPSA) is 59.5 Å². The van der Waals surface area contributed by atoms with Gasteiger partial charge in [0.2, 0.25) is 0 Å². The van der Waals surface area contributed by atoms with Crippen LogP contribution in [0.2, 0.25) is 0 Å². The Morgan fingerprint density at radius 2 is 2.19 bits per heavy atom. The number of thiazole rings is 1. The predicted molar refractivity (Wildman–Crippen MR) is 87.6 cm³/mol. The van der Waals surface area contributed by atoms with E-state index < -0.39 is 5.97 Å². The van der Waals surface area contributed by atoms with Gasteiger partial charge in [-0.3, -0.25) is 4.79 Å². The first kappa shape index (κ1) is 16.1. The van der Waals surface area contributed by atoms with Gasteiger partial charge in [0.15, 0.2) is 16.6 Å². The van der Waals surface area contributed by atoms with Gasteiger partial charge in [-0.2, -0.15) is 0 Å². The summed E-state index contributed by atoms with van der Waals surface area (Å²) in [7, 11) is 3.15. The molecule has 0 aromatic carbocycles. The standard InChI is InChI=1S/C13H13BrN2O3S2/c1-7(17)11-10(12(18)19-3)15-13(21-11)16(2)5-9-4-8(14)6-20-9/h4,6H,5H2,1-3H3. The number of esters is 1. The van der Waals surface area contributed by atoms with E-state index in [1.54, 1.807) is 11.3 Å². The maximum Gasteiger partial charge on any atom is 0.358 e. The first-order valence-electron chi connectivity index (χ1n) is 5.96. The number of ketones is 1. The lowest BCUT2D eigenvalue weighted by Gasteiger charge is -2.13. The van der Waals surface area contributed by atoms with E-state index >= 15 is 0 Å². The number of anilines is 1. The molecule has 0 fully saturated rings. The van der Waals surface area contributed by atoms with Crippen molar-refractivity contribution in [3.63, 3.8) is 0 Å². The van der Waals surface area contributed by atoms with E-state index in [-0.39, 0.29) is 11.5 Å². The molecule has 2 heterocycles. The van der Waals surface area contributed by atoms with Crippen molar-refractivity contribution in [3.05, 3.63) is 31.4 Å². The number of nitrogens with zero attached hydrogens (tertiary/aromatic N) is 2. The van der Waals surface area contributed by atoms with Crippen LogP contribution in [0.1, 0.15) is 32.0 Å². The molecule has 2 aromatic heterocycles. The van der Waals surface area contributed by atoms with E-state index in [0.29, 0.717) is 16.6 Å². The van der Waals surface area contributed by atoms with Gasteiger partial charge in [-0.1, -0.05) is 11.3 Å². The highest BCUT2D eigenvalue weighted by Crippen LogP contribution is 2.29. The number of hydrogen-bond donors (Lipinski definition) is 0. The summed E-state index contributed by atoms with van der Waals surface area (Å²) in [6, 6.07) is 2.03. The molecule has 0 aliphatic rings. The second-order valence-electron chi connectivity index (χ2n) is 4.31. The third kappa shape index (κ3) is 3.69. The van der Waals surface area contributed by atoms with Gasteiger partial charge >= 0.3 is 5.97 Å². The maximum atomic E-state index is 11.7. The van der Waals surface area contributed by atoms with Crippen LogP contribution in [0.3, 0.4) is 0 Å². The molecular weight excluding hydrogens is 376 g/mol. The van der Waals surface area contributed by atoms with Crippen LogP contribution in [-0.4, -0.2) is 30.9 Å². The molecule has 0 bridgehead atoms. The van der Waals surface area contributed by atoms with Crippen molar-refractivity contribution < 1.29 is 14.3 Å². The summed E-state index contributed by atoms with van der Waals surface area (Å²) in [5.74, 6) is -0.776. The van der Waals surface area contributed by atoms with Crippen molar-refractivity contribution in [2.24, 2.45) is 0 Å². The van der Waals surface area contributed by atoms with Crippen molar-refractivity contribution in [3.8, 4) is 0 Å². The van der Waals surface area contributed by atoms with Gasteiger partial charge in [0, 0.05) is 28.7 Å². The Bertz CT molecular complexity index is 681. The molecule has 0 amide bonds. The van der Waals surface area contributed by atoms with Crippen molar-refractivity contribution in [1.82, 2.24) is 4.98 Å². The molecule has 0 saturated carbocycles. The van der Waals surface area contributed by atoms with Crippen LogP contribution < -0.4 is 4.90 Å². The quantitative estimate of drug-likeness (QED) is 0.578. The van der Waals surface area contributed by atoms with Crippen molar-refractivity contribution in [2.45, 2.75) is 13.5 Å². The van der Waals surface area contributed by atoms with Gasteiger partial charge in [-0.25, -0.2) is 9.78 Å². The summed E-state index contributed by atoms with van der Waals surface area (Å²) in [4.78, 5) is 30.9. The lowest BCUT2D eigenvalue weighted by atomic mass is 10.3. The zero-order valence-electron chi connectivity index (χ0n) is 11.7. The molecule has 8 heteroatoms. The summed E-state index contributed by atoms with van der Waals surface area (Å²) in [5.41, 5.74) is 0.0872. The summed E-state index contributed by atoms with van der Waals surface area (Å²) in [6.07, 6.45) is 0. The summed E-state index contributed by atoms with van der Waals surface area (Å²) >= 11 is 6.25. The number of aromatic nitrogens is 1. The Balaban J connectivity index is 2.27. The van der Waals surface area contributed by atoms with Gasteiger partial charge < -0.3 is 9.64 Å². The highest BCUT2D eigenvalue weighted by atomic mass is 79.9. The third-order valence-corrected chi connectivity index (χ3v) is 5.61. The average Bonchev–Trinajstić information content (AvgIpc) is 3.04. The van der Waals surface area contributed by atoms with E-state index in [1.165, 1.54) is 25.4 Å². The fraction of sp³-hybridized carbons (Fsp3) is 0.308. The second-order valence-corrected chi connectivity index (χ2v) is 7.20. The zero-order valence-corrected chi connectivity index (χ0v) is 14.9. The van der Waals surface area contributed by atoms with Crippen molar-refractivity contribution in [1.29, 1.82) is 0 Å². The van der Waals surface area contributed by atoms with Crippen LogP contribution in [0, 0.1) is 0 Å². The first-order valence-corrected chi connectivity index (χ1v) is 8.45. The number of rotatable bonds is 5. The van der Waals surface area contributed by atoms with E-state index in [9.17, 15) is 9.59 Å². The smallest absolute Gasteiger partial charge is 0.358 e. The lowest BCUT2D eigenvalue weighted by Crippen LogP contribution is -2.15. The molecule has 0 aliphatic heterocycles. The normalized spacial score (nSPS) is 10.5. The van der Waals surface area contributed by atoms with Gasteiger partial charge in [-0.05, 0) is 22.0 Å². The molecular formula is C13H13BrN2O3S2. The van der Waals surface area contributed by atoms with Crippen LogP contribution in [-0.2, 0) is 11.3 Å². The molecule has 0 spiro atoms. The van der Waals surface area contributed by atoms with E-state index in [1.807, 2.05) is 23.4 Å². The molecule has 112 valence electrons. The number of hydrogen-bond acceptors (Lipinski definition) is 7. The Morgan fingerprint density at radius 3 is 2.71 bits per heavy atom. The predicted octanol–water partition coefficient (Wildman–Crippen LogP) is 3.59. The van der Waals surface area contributed by atoms with Gasteiger partial charge in [0.1, 0.15) is 4.88 Å². The molecule has 0 radical (unpaired) electrons. The minimum Gasteiger partial charge on any atom is -0.464 e. The van der Waals surface area contributed by atoms with Crippen molar-refractivity contribution >= 4 is 55.5 Å². The molecule has 0 N–H and O–H groups in total. The Kier molecular flexibility index (Phi) is 5.13. The number of methoxy groups -OCH3 is 1. The highest BCUT2D eigenvalue weighted by Gasteiger charge is 2.23. The minimum absolute atomic E-state index is 0.0872. The number of thiophene rings is 1.